The van der Waals surface area contributed by atoms with Crippen LogP contribution in [0.5, 0.6) is 0 Å². The van der Waals surface area contributed by atoms with Crippen molar-refractivity contribution in [2.75, 3.05) is 5.32 Å². The molecule has 0 saturated carbocycles. The highest BCUT2D eigenvalue weighted by Crippen LogP contribution is 2.18. The van der Waals surface area contributed by atoms with Gasteiger partial charge in [-0.15, -0.1) is 0 Å². The molecule has 2 aromatic rings. The summed E-state index contributed by atoms with van der Waals surface area (Å²) in [6, 6.07) is 7.43. The second kappa shape index (κ2) is 5.79. The summed E-state index contributed by atoms with van der Waals surface area (Å²) in [5.74, 6) is -1.09. The van der Waals surface area contributed by atoms with Crippen molar-refractivity contribution in [2.24, 2.45) is 0 Å². The Kier molecular flexibility index (Phi) is 4.11. The molecule has 19 heavy (non-hydrogen) atoms. The van der Waals surface area contributed by atoms with E-state index in [4.69, 9.17) is 5.11 Å². The van der Waals surface area contributed by atoms with Crippen LogP contribution in [0.4, 0.5) is 10.2 Å². The van der Waals surface area contributed by atoms with Gasteiger partial charge in [-0.3, -0.25) is 0 Å². The number of pyridine rings is 1. The van der Waals surface area contributed by atoms with Gasteiger partial charge in [-0.05, 0) is 39.7 Å². The minimum Gasteiger partial charge on any atom is -0.478 e. The van der Waals surface area contributed by atoms with Crippen LogP contribution >= 0.6 is 15.9 Å². The average molecular weight is 325 g/mol. The first-order valence-corrected chi connectivity index (χ1v) is 6.22. The molecule has 0 aliphatic heterocycles. The van der Waals surface area contributed by atoms with Gasteiger partial charge in [0.25, 0.3) is 0 Å². The number of benzene rings is 1. The largest absolute Gasteiger partial charge is 0.478 e. The normalized spacial score (nSPS) is 10.2. The highest BCUT2D eigenvalue weighted by atomic mass is 79.9. The molecule has 1 aromatic carbocycles. The minimum atomic E-state index is -1.06. The van der Waals surface area contributed by atoms with Crippen LogP contribution in [0, 0.1) is 5.82 Å². The summed E-state index contributed by atoms with van der Waals surface area (Å²) < 4.78 is 13.3. The topological polar surface area (TPSA) is 62.2 Å². The highest BCUT2D eigenvalue weighted by molar-refractivity contribution is 9.10. The van der Waals surface area contributed by atoms with Gasteiger partial charge < -0.3 is 10.4 Å². The zero-order valence-electron chi connectivity index (χ0n) is 9.73. The summed E-state index contributed by atoms with van der Waals surface area (Å²) in [7, 11) is 0. The lowest BCUT2D eigenvalue weighted by molar-refractivity contribution is 0.0697. The summed E-state index contributed by atoms with van der Waals surface area (Å²) in [6.07, 6.45) is 1.51. The number of aromatic carboxylic acids is 1. The number of nitrogens with zero attached hydrogens (tertiary/aromatic N) is 1. The lowest BCUT2D eigenvalue weighted by Crippen LogP contribution is -2.08. The number of aromatic nitrogens is 1. The number of halogens is 2. The number of hydrogen-bond acceptors (Lipinski definition) is 3. The monoisotopic (exact) mass is 324 g/mol. The third-order valence-corrected chi connectivity index (χ3v) is 2.89. The van der Waals surface area contributed by atoms with E-state index in [1.807, 2.05) is 0 Å². The molecule has 98 valence electrons. The predicted octanol–water partition coefficient (Wildman–Crippen LogP) is 3.29. The Hall–Kier alpha value is -1.95. The molecule has 0 spiro atoms. The van der Waals surface area contributed by atoms with Gasteiger partial charge in [0.1, 0.15) is 17.2 Å². The first kappa shape index (κ1) is 13.5. The summed E-state index contributed by atoms with van der Waals surface area (Å²) in [4.78, 5) is 15.1. The first-order chi connectivity index (χ1) is 9.06. The lowest BCUT2D eigenvalue weighted by atomic mass is 10.2. The van der Waals surface area contributed by atoms with Gasteiger partial charge in [-0.2, -0.15) is 0 Å². The molecule has 0 aliphatic rings. The number of carboxylic acid groups (broad SMARTS) is 1. The van der Waals surface area contributed by atoms with E-state index in [-0.39, 0.29) is 17.2 Å². The molecule has 0 atom stereocenters. The van der Waals surface area contributed by atoms with Crippen LogP contribution in [0.3, 0.4) is 0 Å². The number of hydrogen-bond donors (Lipinski definition) is 2. The zero-order valence-corrected chi connectivity index (χ0v) is 11.3. The smallest absolute Gasteiger partial charge is 0.339 e. The fourth-order valence-electron chi connectivity index (χ4n) is 1.53. The number of carbonyl (C=O) groups is 1. The molecule has 2 rings (SSSR count). The molecule has 0 fully saturated rings. The van der Waals surface area contributed by atoms with E-state index < -0.39 is 5.97 Å². The molecule has 0 unspecified atom stereocenters. The standard InChI is InChI=1S/C13H10BrFN2O2/c14-9-5-11(13(18)19)12(17-7-9)16-6-8-1-3-10(15)4-2-8/h1-5,7H,6H2,(H,16,17)(H,18,19). The number of rotatable bonds is 4. The summed E-state index contributed by atoms with van der Waals surface area (Å²) in [6.45, 7) is 0.370. The number of carboxylic acids is 1. The maximum Gasteiger partial charge on any atom is 0.339 e. The Morgan fingerprint density at radius 3 is 2.68 bits per heavy atom. The van der Waals surface area contributed by atoms with Crippen molar-refractivity contribution in [1.82, 2.24) is 4.98 Å². The molecule has 6 heteroatoms. The third kappa shape index (κ3) is 3.51. The van der Waals surface area contributed by atoms with E-state index in [1.165, 1.54) is 24.4 Å². The van der Waals surface area contributed by atoms with E-state index in [2.05, 4.69) is 26.2 Å². The second-order valence-electron chi connectivity index (χ2n) is 3.83. The molecule has 1 aromatic heterocycles. The Morgan fingerprint density at radius 1 is 1.37 bits per heavy atom. The quantitative estimate of drug-likeness (QED) is 0.905. The molecular formula is C13H10BrFN2O2. The summed E-state index contributed by atoms with van der Waals surface area (Å²) >= 11 is 3.17. The number of nitrogens with one attached hydrogen (secondary N) is 1. The maximum atomic E-state index is 12.7. The van der Waals surface area contributed by atoms with Crippen molar-refractivity contribution in [3.8, 4) is 0 Å². The summed E-state index contributed by atoms with van der Waals surface area (Å²) in [5, 5.41) is 12.0. The molecule has 0 aliphatic carbocycles. The van der Waals surface area contributed by atoms with Gasteiger partial charge in [0.2, 0.25) is 0 Å². The van der Waals surface area contributed by atoms with E-state index in [0.29, 0.717) is 11.0 Å². The van der Waals surface area contributed by atoms with Gasteiger partial charge in [0, 0.05) is 17.2 Å². The van der Waals surface area contributed by atoms with Crippen LogP contribution in [-0.2, 0) is 6.54 Å². The first-order valence-electron chi connectivity index (χ1n) is 5.43. The van der Waals surface area contributed by atoms with Crippen LogP contribution < -0.4 is 5.32 Å². The molecule has 0 bridgehead atoms. The van der Waals surface area contributed by atoms with Crippen LogP contribution in [-0.4, -0.2) is 16.1 Å². The number of anilines is 1. The molecule has 0 amide bonds. The van der Waals surface area contributed by atoms with Gasteiger partial charge >= 0.3 is 5.97 Å². The van der Waals surface area contributed by atoms with Crippen molar-refractivity contribution in [1.29, 1.82) is 0 Å². The van der Waals surface area contributed by atoms with Crippen molar-refractivity contribution in [3.63, 3.8) is 0 Å². The zero-order chi connectivity index (χ0) is 13.8. The Labute approximate surface area is 117 Å². The second-order valence-corrected chi connectivity index (χ2v) is 4.75. The fraction of sp³-hybridized carbons (Fsp3) is 0.0769. The fourth-order valence-corrected chi connectivity index (χ4v) is 1.86. The average Bonchev–Trinajstić information content (AvgIpc) is 2.39. The van der Waals surface area contributed by atoms with Crippen molar-refractivity contribution < 1.29 is 14.3 Å². The van der Waals surface area contributed by atoms with Crippen LogP contribution in [0.2, 0.25) is 0 Å². The van der Waals surface area contributed by atoms with Gasteiger partial charge in [-0.1, -0.05) is 12.1 Å². The van der Waals surface area contributed by atoms with E-state index in [0.717, 1.165) is 5.56 Å². The van der Waals surface area contributed by atoms with Gasteiger partial charge in [0.05, 0.1) is 0 Å². The van der Waals surface area contributed by atoms with Crippen molar-refractivity contribution in [3.05, 3.63) is 57.9 Å². The molecule has 0 saturated heterocycles. The van der Waals surface area contributed by atoms with Crippen LogP contribution in [0.1, 0.15) is 15.9 Å². The van der Waals surface area contributed by atoms with E-state index in [1.54, 1.807) is 12.1 Å². The molecule has 4 nitrogen and oxygen atoms in total. The van der Waals surface area contributed by atoms with E-state index >= 15 is 0 Å². The molecule has 0 radical (unpaired) electrons. The minimum absolute atomic E-state index is 0.0801. The SMILES string of the molecule is O=C(O)c1cc(Br)cnc1NCc1ccc(F)cc1. The Bertz CT molecular complexity index is 602. The predicted molar refractivity (Wildman–Crippen MR) is 72.6 cm³/mol. The van der Waals surface area contributed by atoms with Crippen molar-refractivity contribution in [2.45, 2.75) is 6.54 Å². The van der Waals surface area contributed by atoms with Crippen molar-refractivity contribution >= 4 is 27.7 Å². The summed E-state index contributed by atoms with van der Waals surface area (Å²) in [5.41, 5.74) is 0.916. The highest BCUT2D eigenvalue weighted by Gasteiger charge is 2.11. The Balaban J connectivity index is 2.15. The van der Waals surface area contributed by atoms with Gasteiger partial charge in [-0.25, -0.2) is 14.2 Å². The molecule has 1 heterocycles. The molecular weight excluding hydrogens is 315 g/mol. The van der Waals surface area contributed by atoms with E-state index in [9.17, 15) is 9.18 Å². The maximum absolute atomic E-state index is 12.7. The van der Waals surface area contributed by atoms with Crippen LogP contribution in [0.15, 0.2) is 41.0 Å². The molecule has 2 N–H and O–H groups in total. The third-order valence-electron chi connectivity index (χ3n) is 2.46. The van der Waals surface area contributed by atoms with Gasteiger partial charge in [0.15, 0.2) is 0 Å². The van der Waals surface area contributed by atoms with Crippen LogP contribution in [0.25, 0.3) is 0 Å². The Morgan fingerprint density at radius 2 is 2.05 bits per heavy atom. The lowest BCUT2D eigenvalue weighted by Gasteiger charge is -2.09.